The molecule has 8 nitrogen and oxygen atoms in total. The molecule has 0 fully saturated rings. The molecule has 0 aliphatic heterocycles. The second-order valence-electron chi connectivity index (χ2n) is 6.43. The highest BCUT2D eigenvalue weighted by atomic mass is 35.5. The summed E-state index contributed by atoms with van der Waals surface area (Å²) in [5, 5.41) is 2.50. The Morgan fingerprint density at radius 1 is 1.22 bits per heavy atom. The summed E-state index contributed by atoms with van der Waals surface area (Å²) >= 11 is 0. The van der Waals surface area contributed by atoms with Gasteiger partial charge in [0.05, 0.1) is 12.9 Å². The highest BCUT2D eigenvalue weighted by Crippen LogP contribution is 2.17. The monoisotopic (exact) mass is 415 g/mol. The molecule has 1 amide bonds. The standard InChI is InChI=1S/C17H25N5O3S.ClH/c1-12(2)13-4-6-14(7-5-13)15(18)8-19-16(23)9-21-26(24,25)17-10-22(3)11-20-17;/h4-7,10-12,15,21H,8-9,18H2,1-3H3,(H,19,23);1H. The maximum Gasteiger partial charge on any atom is 0.260 e. The topological polar surface area (TPSA) is 119 Å². The Balaban J connectivity index is 0.00000364. The minimum Gasteiger partial charge on any atom is -0.353 e. The molecule has 1 atom stereocenters. The number of sulfonamides is 1. The van der Waals surface area contributed by atoms with Crippen LogP contribution in [-0.2, 0) is 21.9 Å². The lowest BCUT2D eigenvalue weighted by Crippen LogP contribution is -2.39. The van der Waals surface area contributed by atoms with Crippen LogP contribution in [0.1, 0.15) is 36.9 Å². The summed E-state index contributed by atoms with van der Waals surface area (Å²) < 4.78 is 27.7. The predicted molar refractivity (Wildman–Crippen MR) is 106 cm³/mol. The van der Waals surface area contributed by atoms with Crippen LogP contribution in [0.5, 0.6) is 0 Å². The Morgan fingerprint density at radius 3 is 2.33 bits per heavy atom. The normalized spacial score (nSPS) is 12.5. The van der Waals surface area contributed by atoms with Crippen LogP contribution in [0, 0.1) is 0 Å². The number of imidazole rings is 1. The van der Waals surface area contributed by atoms with E-state index in [9.17, 15) is 13.2 Å². The lowest BCUT2D eigenvalue weighted by molar-refractivity contribution is -0.120. The average molecular weight is 416 g/mol. The van der Waals surface area contributed by atoms with Crippen molar-refractivity contribution in [1.82, 2.24) is 19.6 Å². The van der Waals surface area contributed by atoms with Crippen molar-refractivity contribution in [1.29, 1.82) is 0 Å². The van der Waals surface area contributed by atoms with Crippen LogP contribution in [-0.4, -0.2) is 37.0 Å². The Kier molecular flexibility index (Phi) is 8.42. The van der Waals surface area contributed by atoms with Crippen molar-refractivity contribution < 1.29 is 13.2 Å². The molecule has 2 aromatic rings. The number of aromatic nitrogens is 2. The van der Waals surface area contributed by atoms with Crippen LogP contribution < -0.4 is 15.8 Å². The van der Waals surface area contributed by atoms with E-state index in [2.05, 4.69) is 28.9 Å². The second kappa shape index (κ2) is 9.84. The first kappa shape index (κ1) is 23.1. The number of hydrogen-bond donors (Lipinski definition) is 3. The molecule has 0 radical (unpaired) electrons. The molecular weight excluding hydrogens is 390 g/mol. The molecule has 27 heavy (non-hydrogen) atoms. The van der Waals surface area contributed by atoms with E-state index in [1.165, 1.54) is 22.7 Å². The SMILES string of the molecule is CC(C)c1ccc(C(N)CNC(=O)CNS(=O)(=O)c2cn(C)cn2)cc1.Cl. The zero-order valence-corrected chi connectivity index (χ0v) is 17.2. The summed E-state index contributed by atoms with van der Waals surface area (Å²) in [6.07, 6.45) is 2.73. The number of nitrogens with zero attached hydrogens (tertiary/aromatic N) is 2. The van der Waals surface area contributed by atoms with Gasteiger partial charge in [-0.3, -0.25) is 4.79 Å². The molecule has 0 spiro atoms. The molecule has 1 unspecified atom stereocenters. The van der Waals surface area contributed by atoms with E-state index in [1.807, 2.05) is 24.3 Å². The number of amides is 1. The van der Waals surface area contributed by atoms with Crippen LogP contribution >= 0.6 is 12.4 Å². The molecule has 1 aromatic heterocycles. The smallest absolute Gasteiger partial charge is 0.260 e. The van der Waals surface area contributed by atoms with Crippen LogP contribution in [0.4, 0.5) is 0 Å². The first-order valence-corrected chi connectivity index (χ1v) is 9.77. The second-order valence-corrected chi connectivity index (χ2v) is 8.15. The van der Waals surface area contributed by atoms with Crippen LogP contribution in [0.15, 0.2) is 41.8 Å². The van der Waals surface area contributed by atoms with Gasteiger partial charge in [0.25, 0.3) is 10.0 Å². The number of nitrogens with one attached hydrogen (secondary N) is 2. The molecule has 2 rings (SSSR count). The largest absolute Gasteiger partial charge is 0.353 e. The molecule has 4 N–H and O–H groups in total. The molecule has 0 aliphatic carbocycles. The fourth-order valence-electron chi connectivity index (χ4n) is 2.29. The Hall–Kier alpha value is -1.94. The third-order valence-corrected chi connectivity index (χ3v) is 5.22. The third-order valence-electron chi connectivity index (χ3n) is 3.93. The fourth-order valence-corrected chi connectivity index (χ4v) is 3.25. The summed E-state index contributed by atoms with van der Waals surface area (Å²) in [6.45, 7) is 4.06. The minimum atomic E-state index is -3.81. The third kappa shape index (κ3) is 6.62. The van der Waals surface area contributed by atoms with Crippen molar-refractivity contribution in [3.05, 3.63) is 47.9 Å². The molecule has 150 valence electrons. The van der Waals surface area contributed by atoms with Gasteiger partial charge < -0.3 is 15.6 Å². The Bertz CT molecular complexity index is 850. The van der Waals surface area contributed by atoms with Crippen molar-refractivity contribution in [2.75, 3.05) is 13.1 Å². The van der Waals surface area contributed by atoms with Crippen molar-refractivity contribution in [2.45, 2.75) is 30.8 Å². The minimum absolute atomic E-state index is 0. The molecular formula is C17H26ClN5O3S. The van der Waals surface area contributed by atoms with Crippen LogP contribution in [0.2, 0.25) is 0 Å². The van der Waals surface area contributed by atoms with Gasteiger partial charge in [-0.2, -0.15) is 0 Å². The Labute approximate surface area is 166 Å². The number of carbonyl (C=O) groups is 1. The fraction of sp³-hybridized carbons (Fsp3) is 0.412. The number of benzene rings is 1. The van der Waals surface area contributed by atoms with Gasteiger partial charge in [-0.15, -0.1) is 12.4 Å². The maximum atomic E-state index is 12.0. The van der Waals surface area contributed by atoms with Gasteiger partial charge in [0.1, 0.15) is 0 Å². The lowest BCUT2D eigenvalue weighted by atomic mass is 9.99. The van der Waals surface area contributed by atoms with E-state index in [0.717, 1.165) is 5.56 Å². The first-order chi connectivity index (χ1) is 12.2. The lowest BCUT2D eigenvalue weighted by Gasteiger charge is -2.14. The average Bonchev–Trinajstić information content (AvgIpc) is 3.05. The number of halogens is 1. The van der Waals surface area contributed by atoms with Crippen molar-refractivity contribution in [2.24, 2.45) is 12.8 Å². The van der Waals surface area contributed by atoms with Gasteiger partial charge >= 0.3 is 0 Å². The summed E-state index contributed by atoms with van der Waals surface area (Å²) in [7, 11) is -2.15. The van der Waals surface area contributed by atoms with E-state index in [1.54, 1.807) is 7.05 Å². The number of hydrogen-bond acceptors (Lipinski definition) is 5. The maximum absolute atomic E-state index is 12.0. The van der Waals surface area contributed by atoms with Gasteiger partial charge in [-0.1, -0.05) is 38.1 Å². The van der Waals surface area contributed by atoms with E-state index >= 15 is 0 Å². The van der Waals surface area contributed by atoms with Crippen molar-refractivity contribution in [3.63, 3.8) is 0 Å². The molecule has 0 bridgehead atoms. The summed E-state index contributed by atoms with van der Waals surface area (Å²) in [5.41, 5.74) is 8.20. The molecule has 1 heterocycles. The van der Waals surface area contributed by atoms with Crippen LogP contribution in [0.3, 0.4) is 0 Å². The number of aryl methyl sites for hydroxylation is 1. The molecule has 0 aliphatic rings. The first-order valence-electron chi connectivity index (χ1n) is 8.29. The zero-order chi connectivity index (χ0) is 19.3. The molecule has 0 saturated heterocycles. The van der Waals surface area contributed by atoms with Gasteiger partial charge in [0, 0.05) is 25.8 Å². The van der Waals surface area contributed by atoms with Crippen LogP contribution in [0.25, 0.3) is 0 Å². The highest BCUT2D eigenvalue weighted by molar-refractivity contribution is 7.89. The Morgan fingerprint density at radius 2 is 1.81 bits per heavy atom. The molecule has 1 aromatic carbocycles. The number of nitrogens with two attached hydrogens (primary N) is 1. The van der Waals surface area contributed by atoms with Crippen molar-refractivity contribution in [3.8, 4) is 0 Å². The van der Waals surface area contributed by atoms with E-state index in [4.69, 9.17) is 5.73 Å². The summed E-state index contributed by atoms with van der Waals surface area (Å²) in [5.74, 6) is -0.0224. The van der Waals surface area contributed by atoms with Gasteiger partial charge in [0.15, 0.2) is 5.03 Å². The molecule has 10 heteroatoms. The zero-order valence-electron chi connectivity index (χ0n) is 15.5. The molecule has 0 saturated carbocycles. The summed E-state index contributed by atoms with van der Waals surface area (Å²) in [4.78, 5) is 15.6. The van der Waals surface area contributed by atoms with Gasteiger partial charge in [0.2, 0.25) is 5.91 Å². The van der Waals surface area contributed by atoms with E-state index in [0.29, 0.717) is 5.92 Å². The number of rotatable bonds is 8. The predicted octanol–water partition coefficient (Wildman–Crippen LogP) is 1.06. The van der Waals surface area contributed by atoms with E-state index < -0.39 is 15.9 Å². The van der Waals surface area contributed by atoms with Gasteiger partial charge in [-0.05, 0) is 17.0 Å². The summed E-state index contributed by atoms with van der Waals surface area (Å²) in [6, 6.07) is 7.55. The highest BCUT2D eigenvalue weighted by Gasteiger charge is 2.18. The van der Waals surface area contributed by atoms with Gasteiger partial charge in [-0.25, -0.2) is 18.1 Å². The van der Waals surface area contributed by atoms with E-state index in [-0.39, 0.29) is 36.6 Å². The number of carbonyl (C=O) groups excluding carboxylic acids is 1. The quantitative estimate of drug-likeness (QED) is 0.595. The van der Waals surface area contributed by atoms with Crippen molar-refractivity contribution >= 4 is 28.3 Å².